The molecule has 0 atom stereocenters. The Morgan fingerprint density at radius 3 is 2.75 bits per heavy atom. The molecule has 0 aromatic carbocycles. The molecule has 0 amide bonds. The van der Waals surface area contributed by atoms with Gasteiger partial charge in [0.25, 0.3) is 5.56 Å². The summed E-state index contributed by atoms with van der Waals surface area (Å²) >= 11 is 0. The van der Waals surface area contributed by atoms with Crippen molar-refractivity contribution < 1.29 is 11.0 Å². The van der Waals surface area contributed by atoms with Gasteiger partial charge in [0, 0.05) is 12.0 Å². The summed E-state index contributed by atoms with van der Waals surface area (Å²) in [6.07, 6.45) is 4.66. The van der Waals surface area contributed by atoms with Crippen molar-refractivity contribution in [3.8, 4) is 0 Å². The fourth-order valence-electron chi connectivity index (χ4n) is 2.39. The van der Waals surface area contributed by atoms with Crippen molar-refractivity contribution in [1.82, 2.24) is 4.73 Å². The molecule has 0 aliphatic heterocycles. The zero-order valence-electron chi connectivity index (χ0n) is 10.3. The van der Waals surface area contributed by atoms with E-state index in [4.69, 9.17) is 1.37 Å². The average molecular weight is 226 g/mol. The molecule has 88 valence electrons. The van der Waals surface area contributed by atoms with E-state index in [0.29, 0.717) is 4.73 Å². The van der Waals surface area contributed by atoms with Crippen LogP contribution in [0.25, 0.3) is 0 Å². The first-order chi connectivity index (χ1) is 8.04. The molecule has 1 saturated carbocycles. The topological polar surface area (TPSA) is 42.2 Å². The molecule has 1 heterocycles. The number of hydrogen-bond acceptors (Lipinski definition) is 2. The molecule has 1 fully saturated rings. The first kappa shape index (κ1) is 9.87. The van der Waals surface area contributed by atoms with Gasteiger partial charge in [0.1, 0.15) is 11.5 Å². The summed E-state index contributed by atoms with van der Waals surface area (Å²) in [6, 6.07) is -0.468. The molecule has 0 radical (unpaired) electrons. The second-order valence-corrected chi connectivity index (χ2v) is 4.40. The summed E-state index contributed by atoms with van der Waals surface area (Å²) in [5.74, 6) is -0.718. The highest BCUT2D eigenvalue weighted by molar-refractivity contribution is 5.22. The Bertz CT molecular complexity index is 492. The van der Waals surface area contributed by atoms with Gasteiger partial charge >= 0.3 is 0 Å². The van der Waals surface area contributed by atoms with E-state index in [9.17, 15) is 14.4 Å². The molecule has 0 spiro atoms. The molecule has 4 heteroatoms. The molecule has 1 aliphatic rings. The largest absolute Gasteiger partial charge is 0.425 e. The highest BCUT2D eigenvalue weighted by Gasteiger charge is 2.24. The van der Waals surface area contributed by atoms with Crippen molar-refractivity contribution in [2.45, 2.75) is 44.9 Å². The molecule has 1 N–H and O–H groups in total. The lowest BCUT2D eigenvalue weighted by Gasteiger charge is -2.23. The van der Waals surface area contributed by atoms with Gasteiger partial charge in [0.05, 0.1) is 1.37 Å². The lowest BCUT2D eigenvalue weighted by molar-refractivity contribution is 0.151. The predicted molar refractivity (Wildman–Crippen MR) is 58.4 cm³/mol. The predicted octanol–water partition coefficient (Wildman–Crippen LogP) is 2.58. The molecule has 1 aromatic heterocycles. The van der Waals surface area contributed by atoms with E-state index in [-0.39, 0.29) is 17.2 Å². The Morgan fingerprint density at radius 2 is 2.12 bits per heavy atom. The van der Waals surface area contributed by atoms with Crippen molar-refractivity contribution >= 4 is 0 Å². The van der Waals surface area contributed by atoms with E-state index in [1.165, 1.54) is 6.92 Å². The van der Waals surface area contributed by atoms with Crippen LogP contribution in [0.2, 0.25) is 0 Å². The summed E-state index contributed by atoms with van der Waals surface area (Å²) < 4.78 is 21.8. The number of pyridine rings is 1. The van der Waals surface area contributed by atoms with Crippen molar-refractivity contribution in [3.05, 3.63) is 33.5 Å². The van der Waals surface area contributed by atoms with Crippen LogP contribution in [0, 0.1) is 12.7 Å². The Hall–Kier alpha value is -1.32. The van der Waals surface area contributed by atoms with Crippen LogP contribution in [-0.2, 0) is 0 Å². The first-order valence-electron chi connectivity index (χ1n) is 6.15. The summed E-state index contributed by atoms with van der Waals surface area (Å²) in [7, 11) is 0. The first-order valence-corrected chi connectivity index (χ1v) is 5.65. The molecular weight excluding hydrogens is 209 g/mol. The normalized spacial score (nSPS) is 18.5. The van der Waals surface area contributed by atoms with E-state index >= 15 is 0 Å². The van der Waals surface area contributed by atoms with Crippen LogP contribution < -0.4 is 5.56 Å². The Balaban J connectivity index is 2.56. The van der Waals surface area contributed by atoms with Crippen molar-refractivity contribution in [2.75, 3.05) is 0 Å². The second kappa shape index (κ2) is 4.28. The smallest absolute Gasteiger partial charge is 0.283 e. The van der Waals surface area contributed by atoms with Crippen LogP contribution in [0.3, 0.4) is 0 Å². The van der Waals surface area contributed by atoms with E-state index in [0.717, 1.165) is 32.1 Å². The zero-order chi connectivity index (χ0) is 12.6. The zero-order valence-corrected chi connectivity index (χ0v) is 9.29. The summed E-state index contributed by atoms with van der Waals surface area (Å²) in [6.45, 7) is 1.41. The quantitative estimate of drug-likeness (QED) is 0.748. The van der Waals surface area contributed by atoms with Crippen molar-refractivity contribution in [1.29, 1.82) is 0 Å². The van der Waals surface area contributed by atoms with E-state index in [1.807, 2.05) is 0 Å². The minimum atomic E-state index is -0.829. The highest BCUT2D eigenvalue weighted by atomic mass is 19.1. The monoisotopic (exact) mass is 226 g/mol. The van der Waals surface area contributed by atoms with Gasteiger partial charge in [0.2, 0.25) is 0 Å². The maximum absolute atomic E-state index is 14.0. The molecule has 0 unspecified atom stereocenters. The van der Waals surface area contributed by atoms with Gasteiger partial charge in [-0.1, -0.05) is 19.3 Å². The summed E-state index contributed by atoms with van der Waals surface area (Å²) in [5.41, 5.74) is -0.742. The minimum Gasteiger partial charge on any atom is -0.425 e. The molecule has 3 nitrogen and oxygen atoms in total. The Kier molecular flexibility index (Phi) is 2.64. The van der Waals surface area contributed by atoms with Gasteiger partial charge in [-0.3, -0.25) is 4.79 Å². The van der Waals surface area contributed by atoms with Gasteiger partial charge < -0.3 is 5.21 Å². The highest BCUT2D eigenvalue weighted by Crippen LogP contribution is 2.33. The SMILES string of the molecule is [2H]c1c(C)c(F)c(C2CCCCC2)n(O)c1=O. The second-order valence-electron chi connectivity index (χ2n) is 4.40. The summed E-state index contributed by atoms with van der Waals surface area (Å²) in [4.78, 5) is 11.6. The molecular formula is C12H16FNO2. The van der Waals surface area contributed by atoms with Crippen molar-refractivity contribution in [3.63, 3.8) is 0 Å². The van der Waals surface area contributed by atoms with Gasteiger partial charge in [0.15, 0.2) is 0 Å². The maximum atomic E-state index is 14.0. The maximum Gasteiger partial charge on any atom is 0.283 e. The van der Waals surface area contributed by atoms with Crippen LogP contribution in [0.15, 0.2) is 10.8 Å². The third kappa shape index (κ3) is 1.84. The number of hydrogen-bond donors (Lipinski definition) is 1. The van der Waals surface area contributed by atoms with E-state index in [2.05, 4.69) is 0 Å². The van der Waals surface area contributed by atoms with E-state index < -0.39 is 17.4 Å². The Labute approximate surface area is 94.9 Å². The average Bonchev–Trinajstić information content (AvgIpc) is 2.36. The van der Waals surface area contributed by atoms with Gasteiger partial charge in [-0.05, 0) is 25.3 Å². The lowest BCUT2D eigenvalue weighted by atomic mass is 9.86. The Morgan fingerprint density at radius 1 is 1.50 bits per heavy atom. The summed E-state index contributed by atoms with van der Waals surface area (Å²) in [5, 5.41) is 9.68. The van der Waals surface area contributed by atoms with Crippen LogP contribution in [0.5, 0.6) is 0 Å². The molecule has 0 saturated heterocycles. The molecule has 16 heavy (non-hydrogen) atoms. The number of halogens is 1. The minimum absolute atomic E-state index is 0.0286. The molecule has 1 aromatic rings. The van der Waals surface area contributed by atoms with Gasteiger partial charge in [-0.2, -0.15) is 0 Å². The molecule has 0 bridgehead atoms. The molecule has 1 aliphatic carbocycles. The third-order valence-electron chi connectivity index (χ3n) is 3.26. The van der Waals surface area contributed by atoms with Crippen LogP contribution >= 0.6 is 0 Å². The fraction of sp³-hybridized carbons (Fsp3) is 0.583. The standard InChI is InChI=1S/C12H16FNO2/c1-8-7-10(15)14(16)12(11(8)13)9-5-3-2-4-6-9/h7,9,16H,2-6H2,1H3/i7D. The van der Waals surface area contributed by atoms with Gasteiger partial charge in [-0.15, -0.1) is 4.73 Å². The molecule has 2 rings (SSSR count). The van der Waals surface area contributed by atoms with Gasteiger partial charge in [-0.25, -0.2) is 4.39 Å². The number of aromatic nitrogens is 1. The van der Waals surface area contributed by atoms with E-state index in [1.54, 1.807) is 0 Å². The third-order valence-corrected chi connectivity index (χ3v) is 3.26. The lowest BCUT2D eigenvalue weighted by Crippen LogP contribution is -2.26. The van der Waals surface area contributed by atoms with Crippen LogP contribution in [0.1, 0.15) is 50.7 Å². The van der Waals surface area contributed by atoms with Crippen molar-refractivity contribution in [2.24, 2.45) is 0 Å². The fourth-order valence-corrected chi connectivity index (χ4v) is 2.39. The van der Waals surface area contributed by atoms with Crippen LogP contribution in [0.4, 0.5) is 4.39 Å². The number of rotatable bonds is 1. The number of nitrogens with zero attached hydrogens (tertiary/aromatic N) is 1. The van der Waals surface area contributed by atoms with Crippen LogP contribution in [-0.4, -0.2) is 9.94 Å².